The number of fused-ring (bicyclic) bond motifs is 1. The number of hydrogen-bond acceptors (Lipinski definition) is 3. The average Bonchev–Trinajstić information content (AvgIpc) is 3.09. The highest BCUT2D eigenvalue weighted by molar-refractivity contribution is 6.13. The van der Waals surface area contributed by atoms with E-state index in [0.29, 0.717) is 24.4 Å². The Labute approximate surface area is 157 Å². The predicted octanol–water partition coefficient (Wildman–Crippen LogP) is 3.84. The van der Waals surface area contributed by atoms with Crippen LogP contribution < -0.4 is 15.0 Å². The molecule has 5 heteroatoms. The summed E-state index contributed by atoms with van der Waals surface area (Å²) in [4.78, 5) is 27.1. The minimum atomic E-state index is -0.668. The van der Waals surface area contributed by atoms with Gasteiger partial charge in [0.05, 0.1) is 7.11 Å². The number of anilines is 2. The third-order valence-electron chi connectivity index (χ3n) is 4.92. The van der Waals surface area contributed by atoms with Gasteiger partial charge in [0.15, 0.2) is 0 Å². The third kappa shape index (κ3) is 3.36. The van der Waals surface area contributed by atoms with Gasteiger partial charge in [-0.2, -0.15) is 0 Å². The SMILES string of the molecule is COc1ccc(NC(=O)[C@H]2CCN(c3ccc4ccccc4c3)C2=O)cc1. The Bertz CT molecular complexity index is 998. The van der Waals surface area contributed by atoms with Gasteiger partial charge in [-0.25, -0.2) is 0 Å². The van der Waals surface area contributed by atoms with Gasteiger partial charge in [0, 0.05) is 17.9 Å². The summed E-state index contributed by atoms with van der Waals surface area (Å²) in [6, 6.07) is 21.0. The summed E-state index contributed by atoms with van der Waals surface area (Å²) in [5.41, 5.74) is 1.48. The lowest BCUT2D eigenvalue weighted by Gasteiger charge is -2.17. The van der Waals surface area contributed by atoms with Crippen LogP contribution in [0.1, 0.15) is 6.42 Å². The first-order valence-electron chi connectivity index (χ1n) is 8.91. The molecular formula is C22H20N2O3. The van der Waals surface area contributed by atoms with Crippen molar-refractivity contribution in [2.75, 3.05) is 23.9 Å². The zero-order valence-electron chi connectivity index (χ0n) is 15.0. The average molecular weight is 360 g/mol. The Kier molecular flexibility index (Phi) is 4.50. The largest absolute Gasteiger partial charge is 0.497 e. The Morgan fingerprint density at radius 2 is 1.78 bits per heavy atom. The van der Waals surface area contributed by atoms with Crippen LogP contribution in [0.2, 0.25) is 0 Å². The number of nitrogens with one attached hydrogen (secondary N) is 1. The smallest absolute Gasteiger partial charge is 0.239 e. The molecule has 0 aromatic heterocycles. The lowest BCUT2D eigenvalue weighted by Crippen LogP contribution is -2.33. The van der Waals surface area contributed by atoms with E-state index < -0.39 is 5.92 Å². The molecule has 0 unspecified atom stereocenters. The lowest BCUT2D eigenvalue weighted by atomic mass is 10.1. The molecule has 27 heavy (non-hydrogen) atoms. The van der Waals surface area contributed by atoms with Crippen molar-refractivity contribution in [1.82, 2.24) is 0 Å². The molecule has 2 amide bonds. The maximum absolute atomic E-state index is 12.8. The first-order chi connectivity index (χ1) is 13.2. The first-order valence-corrected chi connectivity index (χ1v) is 8.91. The zero-order chi connectivity index (χ0) is 18.8. The fourth-order valence-electron chi connectivity index (χ4n) is 3.43. The van der Waals surface area contributed by atoms with Crippen LogP contribution in [0.5, 0.6) is 5.75 Å². The second kappa shape index (κ2) is 7.11. The third-order valence-corrected chi connectivity index (χ3v) is 4.92. The van der Waals surface area contributed by atoms with E-state index in [-0.39, 0.29) is 11.8 Å². The van der Waals surface area contributed by atoms with Crippen LogP contribution in [0.15, 0.2) is 66.7 Å². The second-order valence-electron chi connectivity index (χ2n) is 6.58. The van der Waals surface area contributed by atoms with E-state index in [1.165, 1.54) is 0 Å². The van der Waals surface area contributed by atoms with E-state index in [4.69, 9.17) is 4.74 Å². The van der Waals surface area contributed by atoms with Crippen molar-refractivity contribution in [3.8, 4) is 5.75 Å². The van der Waals surface area contributed by atoms with Gasteiger partial charge in [-0.3, -0.25) is 9.59 Å². The highest BCUT2D eigenvalue weighted by Gasteiger charge is 2.37. The fourth-order valence-corrected chi connectivity index (χ4v) is 3.43. The van der Waals surface area contributed by atoms with Gasteiger partial charge in [-0.15, -0.1) is 0 Å². The van der Waals surface area contributed by atoms with Gasteiger partial charge in [0.1, 0.15) is 11.7 Å². The summed E-state index contributed by atoms with van der Waals surface area (Å²) in [5.74, 6) is -0.379. The van der Waals surface area contributed by atoms with Crippen LogP contribution in [-0.2, 0) is 9.59 Å². The summed E-state index contributed by atoms with van der Waals surface area (Å²) in [7, 11) is 1.59. The number of amides is 2. The summed E-state index contributed by atoms with van der Waals surface area (Å²) in [5, 5.41) is 5.03. The Morgan fingerprint density at radius 3 is 2.52 bits per heavy atom. The molecule has 0 radical (unpaired) electrons. The lowest BCUT2D eigenvalue weighted by molar-refractivity contribution is -0.129. The molecule has 1 fully saturated rings. The van der Waals surface area contributed by atoms with Gasteiger partial charge in [-0.1, -0.05) is 30.3 Å². The van der Waals surface area contributed by atoms with Crippen molar-refractivity contribution in [2.24, 2.45) is 5.92 Å². The van der Waals surface area contributed by atoms with Crippen molar-refractivity contribution in [2.45, 2.75) is 6.42 Å². The summed E-state index contributed by atoms with van der Waals surface area (Å²) in [6.45, 7) is 0.540. The molecule has 5 nitrogen and oxygen atoms in total. The number of benzene rings is 3. The fraction of sp³-hybridized carbons (Fsp3) is 0.182. The highest BCUT2D eigenvalue weighted by Crippen LogP contribution is 2.29. The van der Waals surface area contributed by atoms with Gasteiger partial charge in [0.2, 0.25) is 11.8 Å². The number of rotatable bonds is 4. The number of hydrogen-bond donors (Lipinski definition) is 1. The van der Waals surface area contributed by atoms with E-state index in [1.54, 1.807) is 36.3 Å². The minimum absolute atomic E-state index is 0.156. The number of ether oxygens (including phenoxy) is 1. The maximum Gasteiger partial charge on any atom is 0.239 e. The molecule has 136 valence electrons. The van der Waals surface area contributed by atoms with Crippen LogP contribution in [-0.4, -0.2) is 25.5 Å². The number of carbonyl (C=O) groups is 2. The van der Waals surface area contributed by atoms with E-state index in [1.807, 2.05) is 42.5 Å². The normalized spacial score (nSPS) is 16.6. The Balaban J connectivity index is 1.49. The molecule has 1 aliphatic rings. The van der Waals surface area contributed by atoms with Crippen LogP contribution in [0.3, 0.4) is 0 Å². The number of carbonyl (C=O) groups excluding carboxylic acids is 2. The van der Waals surface area contributed by atoms with E-state index in [0.717, 1.165) is 16.5 Å². The van der Waals surface area contributed by atoms with Gasteiger partial charge in [0.25, 0.3) is 0 Å². The monoisotopic (exact) mass is 360 g/mol. The van der Waals surface area contributed by atoms with Gasteiger partial charge in [-0.05, 0) is 53.6 Å². The van der Waals surface area contributed by atoms with Crippen molar-refractivity contribution >= 4 is 34.0 Å². The molecule has 1 heterocycles. The standard InChI is InChI=1S/C22H20N2O3/c1-27-19-10-7-17(8-11-19)23-21(25)20-12-13-24(22(20)26)18-9-6-15-4-2-3-5-16(15)14-18/h2-11,14,20H,12-13H2,1H3,(H,23,25)/t20-/m1/s1. The van der Waals surface area contributed by atoms with Gasteiger partial charge >= 0.3 is 0 Å². The van der Waals surface area contributed by atoms with Crippen LogP contribution in [0.25, 0.3) is 10.8 Å². The molecule has 0 aliphatic carbocycles. The zero-order valence-corrected chi connectivity index (χ0v) is 15.0. The topological polar surface area (TPSA) is 58.6 Å². The van der Waals surface area contributed by atoms with Crippen LogP contribution >= 0.6 is 0 Å². The predicted molar refractivity (Wildman–Crippen MR) is 106 cm³/mol. The van der Waals surface area contributed by atoms with Crippen LogP contribution in [0, 0.1) is 5.92 Å². The molecule has 3 aromatic carbocycles. The molecule has 1 atom stereocenters. The summed E-state index contributed by atoms with van der Waals surface area (Å²) >= 11 is 0. The molecule has 1 N–H and O–H groups in total. The number of nitrogens with zero attached hydrogens (tertiary/aromatic N) is 1. The first kappa shape index (κ1) is 17.1. The van der Waals surface area contributed by atoms with E-state index in [2.05, 4.69) is 5.32 Å². The highest BCUT2D eigenvalue weighted by atomic mass is 16.5. The molecule has 0 bridgehead atoms. The second-order valence-corrected chi connectivity index (χ2v) is 6.58. The quantitative estimate of drug-likeness (QED) is 0.719. The Hall–Kier alpha value is -3.34. The van der Waals surface area contributed by atoms with Crippen LogP contribution in [0.4, 0.5) is 11.4 Å². The van der Waals surface area contributed by atoms with Crippen molar-refractivity contribution in [1.29, 1.82) is 0 Å². The van der Waals surface area contributed by atoms with E-state index in [9.17, 15) is 9.59 Å². The molecule has 4 rings (SSSR count). The minimum Gasteiger partial charge on any atom is -0.497 e. The summed E-state index contributed by atoms with van der Waals surface area (Å²) < 4.78 is 5.11. The molecule has 1 aliphatic heterocycles. The molecule has 3 aromatic rings. The number of methoxy groups -OCH3 is 1. The van der Waals surface area contributed by atoms with Crippen molar-refractivity contribution in [3.05, 3.63) is 66.7 Å². The van der Waals surface area contributed by atoms with Crippen molar-refractivity contribution < 1.29 is 14.3 Å². The van der Waals surface area contributed by atoms with Gasteiger partial charge < -0.3 is 15.0 Å². The molecule has 0 saturated carbocycles. The van der Waals surface area contributed by atoms with Crippen molar-refractivity contribution in [3.63, 3.8) is 0 Å². The molecule has 1 saturated heterocycles. The Morgan fingerprint density at radius 1 is 1.04 bits per heavy atom. The maximum atomic E-state index is 12.8. The molecular weight excluding hydrogens is 340 g/mol. The van der Waals surface area contributed by atoms with E-state index >= 15 is 0 Å². The summed E-state index contributed by atoms with van der Waals surface area (Å²) in [6.07, 6.45) is 0.508. The molecule has 0 spiro atoms.